The average molecular weight is 335 g/mol. The molecule has 0 aliphatic heterocycles. The Morgan fingerprint density at radius 3 is 2.30 bits per heavy atom. The molecule has 0 fully saturated rings. The summed E-state index contributed by atoms with van der Waals surface area (Å²) in [6.07, 6.45) is 0.803. The van der Waals surface area contributed by atoms with Crippen LogP contribution in [0.5, 0.6) is 0 Å². The first kappa shape index (κ1) is 19.2. The number of rotatable bonds is 8. The summed E-state index contributed by atoms with van der Waals surface area (Å²) in [6.45, 7) is 1.00. The number of halogens is 1. The van der Waals surface area contributed by atoms with E-state index in [1.54, 1.807) is 0 Å². The molecule has 0 aliphatic carbocycles. The molecule has 0 radical (unpaired) electrons. The van der Waals surface area contributed by atoms with Crippen LogP contribution in [0, 0.1) is 0 Å². The molecule has 0 spiro atoms. The minimum atomic E-state index is -0.200. The second-order valence-electron chi connectivity index (χ2n) is 5.11. The first-order valence-corrected chi connectivity index (χ1v) is 7.44. The molecule has 5 heteroatoms. The Balaban J connectivity index is 0.00000264. The number of carbonyl (C=O) groups excluding carboxylic acids is 1. The third kappa shape index (κ3) is 7.28. The molecule has 3 N–H and O–H groups in total. The highest BCUT2D eigenvalue weighted by atomic mass is 35.5. The standard InChI is InChI=1S/C18H22N2O2.ClH/c19-17(16-9-5-2-6-10-16)13-20-18(21)14-22-12-11-15-7-3-1-4-8-15;/h1-10,17H,11-14,19H2,(H,20,21);1H. The molecule has 4 nitrogen and oxygen atoms in total. The first-order valence-electron chi connectivity index (χ1n) is 7.44. The van der Waals surface area contributed by atoms with Gasteiger partial charge in [0.05, 0.1) is 6.61 Å². The van der Waals surface area contributed by atoms with Crippen molar-refractivity contribution in [1.29, 1.82) is 0 Å². The van der Waals surface area contributed by atoms with Gasteiger partial charge in [-0.15, -0.1) is 12.4 Å². The summed E-state index contributed by atoms with van der Waals surface area (Å²) >= 11 is 0. The Morgan fingerprint density at radius 2 is 1.65 bits per heavy atom. The molecule has 23 heavy (non-hydrogen) atoms. The predicted molar refractivity (Wildman–Crippen MR) is 94.6 cm³/mol. The van der Waals surface area contributed by atoms with Crippen molar-refractivity contribution in [3.05, 3.63) is 71.8 Å². The van der Waals surface area contributed by atoms with Gasteiger partial charge in [-0.3, -0.25) is 4.79 Å². The highest BCUT2D eigenvalue weighted by Gasteiger charge is 2.07. The fourth-order valence-corrected chi connectivity index (χ4v) is 2.09. The van der Waals surface area contributed by atoms with Gasteiger partial charge in [-0.05, 0) is 17.5 Å². The average Bonchev–Trinajstić information content (AvgIpc) is 2.58. The lowest BCUT2D eigenvalue weighted by Gasteiger charge is -2.13. The second-order valence-corrected chi connectivity index (χ2v) is 5.11. The van der Waals surface area contributed by atoms with Crippen LogP contribution in [0.25, 0.3) is 0 Å². The van der Waals surface area contributed by atoms with E-state index in [1.807, 2.05) is 60.7 Å². The largest absolute Gasteiger partial charge is 0.371 e. The lowest BCUT2D eigenvalue weighted by molar-refractivity contribution is -0.125. The van der Waals surface area contributed by atoms with Crippen molar-refractivity contribution < 1.29 is 9.53 Å². The topological polar surface area (TPSA) is 64.3 Å². The van der Waals surface area contributed by atoms with Gasteiger partial charge < -0.3 is 15.8 Å². The van der Waals surface area contributed by atoms with Crippen LogP contribution in [0.2, 0.25) is 0 Å². The molecular formula is C18H23ClN2O2. The molecule has 0 saturated carbocycles. The van der Waals surface area contributed by atoms with Crippen LogP contribution >= 0.6 is 12.4 Å². The molecule has 1 atom stereocenters. The molecule has 2 rings (SSSR count). The first-order chi connectivity index (χ1) is 10.8. The molecule has 1 unspecified atom stereocenters. The van der Waals surface area contributed by atoms with Crippen molar-refractivity contribution in [3.8, 4) is 0 Å². The summed E-state index contributed by atoms with van der Waals surface area (Å²) in [6, 6.07) is 19.6. The molecule has 1 amide bonds. The summed E-state index contributed by atoms with van der Waals surface area (Å²) in [5.41, 5.74) is 8.23. The Kier molecular flexibility index (Phi) is 8.98. The quantitative estimate of drug-likeness (QED) is 0.729. The van der Waals surface area contributed by atoms with Crippen molar-refractivity contribution in [2.45, 2.75) is 12.5 Å². The molecule has 2 aromatic rings. The summed E-state index contributed by atoms with van der Waals surface area (Å²) in [5.74, 6) is -0.139. The zero-order valence-corrected chi connectivity index (χ0v) is 13.8. The van der Waals surface area contributed by atoms with Crippen LogP contribution in [0.3, 0.4) is 0 Å². The van der Waals surface area contributed by atoms with Gasteiger partial charge in [0.15, 0.2) is 0 Å². The summed E-state index contributed by atoms with van der Waals surface area (Å²) in [7, 11) is 0. The summed E-state index contributed by atoms with van der Waals surface area (Å²) in [4.78, 5) is 11.7. The zero-order chi connectivity index (χ0) is 15.6. The lowest BCUT2D eigenvalue weighted by Crippen LogP contribution is -2.34. The molecule has 0 bridgehead atoms. The third-order valence-corrected chi connectivity index (χ3v) is 3.36. The number of carbonyl (C=O) groups is 1. The number of benzene rings is 2. The van der Waals surface area contributed by atoms with Gasteiger partial charge in [0.25, 0.3) is 0 Å². The number of ether oxygens (including phenoxy) is 1. The van der Waals surface area contributed by atoms with Crippen LogP contribution in [0.1, 0.15) is 17.2 Å². The zero-order valence-electron chi connectivity index (χ0n) is 13.0. The van der Waals surface area contributed by atoms with E-state index in [-0.39, 0.29) is 31.0 Å². The van der Waals surface area contributed by atoms with E-state index in [1.165, 1.54) is 5.56 Å². The minimum Gasteiger partial charge on any atom is -0.371 e. The molecule has 2 aromatic carbocycles. The van der Waals surface area contributed by atoms with Crippen molar-refractivity contribution in [2.75, 3.05) is 19.8 Å². The van der Waals surface area contributed by atoms with Gasteiger partial charge in [-0.1, -0.05) is 60.7 Å². The highest BCUT2D eigenvalue weighted by molar-refractivity contribution is 5.85. The number of amides is 1. The van der Waals surface area contributed by atoms with Gasteiger partial charge in [0, 0.05) is 12.6 Å². The van der Waals surface area contributed by atoms with Crippen LogP contribution in [0.15, 0.2) is 60.7 Å². The van der Waals surface area contributed by atoms with Gasteiger partial charge >= 0.3 is 0 Å². The van der Waals surface area contributed by atoms with Crippen molar-refractivity contribution in [2.24, 2.45) is 5.73 Å². The lowest BCUT2D eigenvalue weighted by atomic mass is 10.1. The van der Waals surface area contributed by atoms with E-state index in [9.17, 15) is 4.79 Å². The van der Waals surface area contributed by atoms with Crippen LogP contribution < -0.4 is 11.1 Å². The Labute approximate surface area is 143 Å². The maximum Gasteiger partial charge on any atom is 0.246 e. The van der Waals surface area contributed by atoms with Crippen LogP contribution in [0.4, 0.5) is 0 Å². The SMILES string of the molecule is Cl.NC(CNC(=O)COCCc1ccccc1)c1ccccc1. The van der Waals surface area contributed by atoms with E-state index < -0.39 is 0 Å². The van der Waals surface area contributed by atoms with Gasteiger partial charge in [-0.25, -0.2) is 0 Å². The van der Waals surface area contributed by atoms with Gasteiger partial charge in [0.1, 0.15) is 6.61 Å². The Hall–Kier alpha value is -1.88. The maximum atomic E-state index is 11.7. The van der Waals surface area contributed by atoms with Gasteiger partial charge in [0.2, 0.25) is 5.91 Å². The van der Waals surface area contributed by atoms with Crippen molar-refractivity contribution in [3.63, 3.8) is 0 Å². The molecule has 124 valence electrons. The highest BCUT2D eigenvalue weighted by Crippen LogP contribution is 2.07. The Morgan fingerprint density at radius 1 is 1.04 bits per heavy atom. The van der Waals surface area contributed by atoms with Crippen LogP contribution in [-0.4, -0.2) is 25.7 Å². The Bertz CT molecular complexity index is 564. The fraction of sp³-hybridized carbons (Fsp3) is 0.278. The number of hydrogen-bond donors (Lipinski definition) is 2. The minimum absolute atomic E-state index is 0. The van der Waals surface area contributed by atoms with Crippen LogP contribution in [-0.2, 0) is 16.0 Å². The van der Waals surface area contributed by atoms with E-state index in [4.69, 9.17) is 10.5 Å². The number of nitrogens with one attached hydrogen (secondary N) is 1. The molecule has 0 heterocycles. The summed E-state index contributed by atoms with van der Waals surface area (Å²) < 4.78 is 5.38. The number of nitrogens with two attached hydrogens (primary N) is 1. The smallest absolute Gasteiger partial charge is 0.246 e. The predicted octanol–water partition coefficient (Wildman–Crippen LogP) is 2.48. The van der Waals surface area contributed by atoms with Gasteiger partial charge in [-0.2, -0.15) is 0 Å². The van der Waals surface area contributed by atoms with Crippen molar-refractivity contribution in [1.82, 2.24) is 5.32 Å². The van der Waals surface area contributed by atoms with E-state index in [0.717, 1.165) is 12.0 Å². The molecule has 0 aromatic heterocycles. The van der Waals surface area contributed by atoms with E-state index in [2.05, 4.69) is 5.32 Å². The van der Waals surface area contributed by atoms with E-state index in [0.29, 0.717) is 13.2 Å². The molecular weight excluding hydrogens is 312 g/mol. The fourth-order valence-electron chi connectivity index (χ4n) is 2.09. The summed E-state index contributed by atoms with van der Waals surface area (Å²) in [5, 5.41) is 2.79. The monoisotopic (exact) mass is 334 g/mol. The maximum absolute atomic E-state index is 11.7. The van der Waals surface area contributed by atoms with Crippen molar-refractivity contribution >= 4 is 18.3 Å². The van der Waals surface area contributed by atoms with E-state index >= 15 is 0 Å². The number of hydrogen-bond acceptors (Lipinski definition) is 3. The second kappa shape index (κ2) is 10.8. The molecule has 0 aliphatic rings. The third-order valence-electron chi connectivity index (χ3n) is 3.36. The molecule has 0 saturated heterocycles. The normalized spacial score (nSPS) is 11.3.